The molecule has 0 saturated heterocycles. The van der Waals surface area contributed by atoms with E-state index < -0.39 is 0 Å². The Morgan fingerprint density at radius 1 is 0.786 bits per heavy atom. The molecule has 28 heavy (non-hydrogen) atoms. The van der Waals surface area contributed by atoms with Crippen LogP contribution in [0.5, 0.6) is 0 Å². The summed E-state index contributed by atoms with van der Waals surface area (Å²) in [6, 6.07) is 19.6. The smallest absolute Gasteiger partial charge is 0.0871 e. The van der Waals surface area contributed by atoms with Gasteiger partial charge in [0.25, 0.3) is 0 Å². The summed E-state index contributed by atoms with van der Waals surface area (Å²) in [7, 11) is 0. The zero-order chi connectivity index (χ0) is 19.2. The average molecular weight is 372 g/mol. The summed E-state index contributed by atoms with van der Waals surface area (Å²) in [6.07, 6.45) is 10.8. The molecule has 4 aromatic rings. The third-order valence-electron chi connectivity index (χ3n) is 5.57. The van der Waals surface area contributed by atoms with Gasteiger partial charge in [0.2, 0.25) is 0 Å². The second-order valence-corrected chi connectivity index (χ2v) is 7.71. The van der Waals surface area contributed by atoms with Crippen LogP contribution in [0.2, 0.25) is 0 Å². The second-order valence-electron chi connectivity index (χ2n) is 7.71. The Morgan fingerprint density at radius 2 is 1.43 bits per heavy atom. The molecule has 0 amide bonds. The van der Waals surface area contributed by atoms with Crippen molar-refractivity contribution in [2.24, 2.45) is 0 Å². The van der Waals surface area contributed by atoms with Crippen molar-refractivity contribution in [2.75, 3.05) is 0 Å². The van der Waals surface area contributed by atoms with E-state index in [-0.39, 0.29) is 0 Å². The molecule has 0 radical (unpaired) electrons. The zero-order valence-electron chi connectivity index (χ0n) is 16.8. The highest BCUT2D eigenvalue weighted by Crippen LogP contribution is 2.29. The summed E-state index contributed by atoms with van der Waals surface area (Å²) < 4.78 is 2.02. The van der Waals surface area contributed by atoms with E-state index in [0.717, 1.165) is 18.7 Å². The van der Waals surface area contributed by atoms with Gasteiger partial charge in [-0.2, -0.15) is 0 Å². The van der Waals surface area contributed by atoms with Gasteiger partial charge in [0.05, 0.1) is 5.69 Å². The minimum Gasteiger partial charge on any atom is -0.252 e. The first kappa shape index (κ1) is 18.7. The molecule has 0 saturated carbocycles. The standard InChI is InChI=1S/C25H29N3/c1-2-3-4-5-6-11-16-28-19-22(26-27-28)18-25-23-14-9-7-12-20(23)17-21-13-8-10-15-24(21)25/h7-10,12-15,17,19H,2-6,11,16,18H2,1H3. The SMILES string of the molecule is CCCCCCCCn1cc(Cc2c3ccccc3cc3ccccc23)nn1. The van der Waals surface area contributed by atoms with Crippen LogP contribution in [0, 0.1) is 0 Å². The van der Waals surface area contributed by atoms with E-state index in [1.165, 1.54) is 65.6 Å². The van der Waals surface area contributed by atoms with Gasteiger partial charge in [0.15, 0.2) is 0 Å². The quantitative estimate of drug-likeness (QED) is 0.247. The lowest BCUT2D eigenvalue weighted by atomic mass is 9.94. The highest BCUT2D eigenvalue weighted by atomic mass is 15.4. The van der Waals surface area contributed by atoms with Crippen molar-refractivity contribution in [3.8, 4) is 0 Å². The third-order valence-corrected chi connectivity index (χ3v) is 5.57. The molecule has 1 heterocycles. The summed E-state index contributed by atoms with van der Waals surface area (Å²) in [5, 5.41) is 14.0. The van der Waals surface area contributed by atoms with Crippen LogP contribution >= 0.6 is 0 Å². The molecule has 144 valence electrons. The fourth-order valence-electron chi connectivity index (χ4n) is 4.06. The number of fused-ring (bicyclic) bond motifs is 2. The topological polar surface area (TPSA) is 30.7 Å². The van der Waals surface area contributed by atoms with Crippen molar-refractivity contribution in [2.45, 2.75) is 58.4 Å². The van der Waals surface area contributed by atoms with Gasteiger partial charge in [0, 0.05) is 19.2 Å². The van der Waals surface area contributed by atoms with Crippen LogP contribution in [0.4, 0.5) is 0 Å². The Kier molecular flexibility index (Phi) is 6.01. The molecule has 0 aliphatic carbocycles. The number of unbranched alkanes of at least 4 members (excludes halogenated alkanes) is 5. The van der Waals surface area contributed by atoms with Gasteiger partial charge < -0.3 is 0 Å². The van der Waals surface area contributed by atoms with E-state index in [1.807, 2.05) is 4.68 Å². The van der Waals surface area contributed by atoms with Crippen LogP contribution in [0.3, 0.4) is 0 Å². The molecule has 0 fully saturated rings. The highest BCUT2D eigenvalue weighted by Gasteiger charge is 2.10. The lowest BCUT2D eigenvalue weighted by Crippen LogP contribution is -1.98. The van der Waals surface area contributed by atoms with Gasteiger partial charge in [-0.1, -0.05) is 92.8 Å². The first-order valence-electron chi connectivity index (χ1n) is 10.6. The van der Waals surface area contributed by atoms with E-state index in [0.29, 0.717) is 0 Å². The van der Waals surface area contributed by atoms with Crippen LogP contribution in [0.1, 0.15) is 56.7 Å². The summed E-state index contributed by atoms with van der Waals surface area (Å²) >= 11 is 0. The maximum absolute atomic E-state index is 4.47. The van der Waals surface area contributed by atoms with Crippen molar-refractivity contribution in [3.05, 3.63) is 72.1 Å². The predicted octanol–water partition coefficient (Wildman–Crippen LogP) is 6.54. The fraction of sp³-hybridized carbons (Fsp3) is 0.360. The second kappa shape index (κ2) is 9.01. The predicted molar refractivity (Wildman–Crippen MR) is 118 cm³/mol. The van der Waals surface area contributed by atoms with Gasteiger partial charge in [-0.25, -0.2) is 0 Å². The van der Waals surface area contributed by atoms with Gasteiger partial charge in [-0.05, 0) is 39.6 Å². The number of hydrogen-bond acceptors (Lipinski definition) is 2. The van der Waals surface area contributed by atoms with Crippen molar-refractivity contribution in [1.29, 1.82) is 0 Å². The number of benzene rings is 3. The molecule has 3 heteroatoms. The van der Waals surface area contributed by atoms with Crippen molar-refractivity contribution < 1.29 is 0 Å². The van der Waals surface area contributed by atoms with Crippen LogP contribution in [0.25, 0.3) is 21.5 Å². The minimum atomic E-state index is 0.818. The van der Waals surface area contributed by atoms with Crippen molar-refractivity contribution in [3.63, 3.8) is 0 Å². The first-order chi connectivity index (χ1) is 13.8. The monoisotopic (exact) mass is 371 g/mol. The Hall–Kier alpha value is -2.68. The molecule has 0 bridgehead atoms. The lowest BCUT2D eigenvalue weighted by Gasteiger charge is -2.10. The highest BCUT2D eigenvalue weighted by molar-refractivity contribution is 6.02. The molecule has 0 atom stereocenters. The van der Waals surface area contributed by atoms with Gasteiger partial charge in [-0.15, -0.1) is 5.10 Å². The summed E-state index contributed by atoms with van der Waals surface area (Å²) in [5.74, 6) is 0. The Labute approximate surface area is 167 Å². The molecule has 4 rings (SSSR count). The lowest BCUT2D eigenvalue weighted by molar-refractivity contribution is 0.516. The number of aryl methyl sites for hydroxylation is 1. The third kappa shape index (κ3) is 4.24. The molecular weight excluding hydrogens is 342 g/mol. The molecular formula is C25H29N3. The number of hydrogen-bond donors (Lipinski definition) is 0. The molecule has 0 spiro atoms. The molecule has 0 unspecified atom stereocenters. The van der Waals surface area contributed by atoms with Gasteiger partial charge in [0.1, 0.15) is 0 Å². The van der Waals surface area contributed by atoms with E-state index in [2.05, 4.69) is 78.0 Å². The Balaban J connectivity index is 1.51. The van der Waals surface area contributed by atoms with Crippen LogP contribution in [0.15, 0.2) is 60.8 Å². The number of aromatic nitrogens is 3. The Morgan fingerprint density at radius 3 is 2.14 bits per heavy atom. The maximum atomic E-state index is 4.47. The Bertz CT molecular complexity index is 994. The van der Waals surface area contributed by atoms with Crippen LogP contribution in [-0.4, -0.2) is 15.0 Å². The molecule has 0 aliphatic rings. The van der Waals surface area contributed by atoms with E-state index in [4.69, 9.17) is 0 Å². The first-order valence-corrected chi connectivity index (χ1v) is 10.6. The molecule has 3 nitrogen and oxygen atoms in total. The van der Waals surface area contributed by atoms with Gasteiger partial charge >= 0.3 is 0 Å². The van der Waals surface area contributed by atoms with Gasteiger partial charge in [-0.3, -0.25) is 4.68 Å². The number of rotatable bonds is 9. The summed E-state index contributed by atoms with van der Waals surface area (Å²) in [6.45, 7) is 3.23. The number of nitrogens with zero attached hydrogens (tertiary/aromatic N) is 3. The van der Waals surface area contributed by atoms with E-state index >= 15 is 0 Å². The van der Waals surface area contributed by atoms with E-state index in [9.17, 15) is 0 Å². The largest absolute Gasteiger partial charge is 0.252 e. The minimum absolute atomic E-state index is 0.818. The van der Waals surface area contributed by atoms with Crippen LogP contribution < -0.4 is 0 Å². The zero-order valence-corrected chi connectivity index (χ0v) is 16.8. The molecule has 1 aromatic heterocycles. The fourth-order valence-corrected chi connectivity index (χ4v) is 4.06. The molecule has 0 aliphatic heterocycles. The molecule has 3 aromatic carbocycles. The maximum Gasteiger partial charge on any atom is 0.0871 e. The normalized spacial score (nSPS) is 11.5. The average Bonchev–Trinajstić information content (AvgIpc) is 3.18. The summed E-state index contributed by atoms with van der Waals surface area (Å²) in [4.78, 5) is 0. The van der Waals surface area contributed by atoms with Crippen molar-refractivity contribution >= 4 is 21.5 Å². The van der Waals surface area contributed by atoms with Crippen LogP contribution in [-0.2, 0) is 13.0 Å². The molecule has 0 N–H and O–H groups in total. The van der Waals surface area contributed by atoms with Crippen molar-refractivity contribution in [1.82, 2.24) is 15.0 Å². The van der Waals surface area contributed by atoms with E-state index in [1.54, 1.807) is 0 Å². The summed E-state index contributed by atoms with van der Waals surface area (Å²) in [5.41, 5.74) is 2.40.